The molecular formula is C11H18ClNO. The Morgan fingerprint density at radius 1 is 1.14 bits per heavy atom. The van der Waals surface area contributed by atoms with Gasteiger partial charge in [-0.1, -0.05) is 6.42 Å². The molecule has 3 heteroatoms. The summed E-state index contributed by atoms with van der Waals surface area (Å²) in [7, 11) is 0. The van der Waals surface area contributed by atoms with Gasteiger partial charge in [-0.2, -0.15) is 0 Å². The van der Waals surface area contributed by atoms with E-state index in [0.717, 1.165) is 24.9 Å². The van der Waals surface area contributed by atoms with E-state index in [1.807, 2.05) is 4.90 Å². The summed E-state index contributed by atoms with van der Waals surface area (Å²) in [6.45, 7) is 1.92. The molecule has 2 fully saturated rings. The number of fused-ring (bicyclic) bond motifs is 3. The summed E-state index contributed by atoms with van der Waals surface area (Å²) < 4.78 is 0. The second-order valence-electron chi connectivity index (χ2n) is 4.67. The van der Waals surface area contributed by atoms with Crippen molar-refractivity contribution in [1.82, 2.24) is 4.90 Å². The largest absolute Gasteiger partial charge is 0.341 e. The normalized spacial score (nSPS) is 32.5. The molecule has 1 saturated heterocycles. The summed E-state index contributed by atoms with van der Waals surface area (Å²) in [6, 6.07) is 0. The average Bonchev–Trinajstić information content (AvgIpc) is 2.49. The summed E-state index contributed by atoms with van der Waals surface area (Å²) in [4.78, 5) is 13.5. The van der Waals surface area contributed by atoms with E-state index in [0.29, 0.717) is 0 Å². The quantitative estimate of drug-likeness (QED) is 0.615. The highest BCUT2D eigenvalue weighted by atomic mass is 35.5. The minimum Gasteiger partial charge on any atom is -0.341 e. The predicted octanol–water partition coefficient (Wildman–Crippen LogP) is 2.26. The minimum atomic E-state index is 0.130. The molecule has 0 aromatic carbocycles. The number of carbonyl (C=O) groups excluding carboxylic acids is 1. The van der Waals surface area contributed by atoms with Crippen molar-refractivity contribution < 1.29 is 4.79 Å². The van der Waals surface area contributed by atoms with E-state index in [-0.39, 0.29) is 11.8 Å². The van der Waals surface area contributed by atoms with Gasteiger partial charge in [0.05, 0.1) is 0 Å². The van der Waals surface area contributed by atoms with Crippen LogP contribution in [0.4, 0.5) is 0 Å². The van der Waals surface area contributed by atoms with Crippen LogP contribution in [0.15, 0.2) is 0 Å². The fourth-order valence-electron chi connectivity index (χ4n) is 2.81. The zero-order chi connectivity index (χ0) is 9.97. The third-order valence-electron chi connectivity index (χ3n) is 3.63. The van der Waals surface area contributed by atoms with Crippen LogP contribution < -0.4 is 0 Å². The van der Waals surface area contributed by atoms with Crippen LogP contribution in [0.5, 0.6) is 0 Å². The molecule has 2 unspecified atom stereocenters. The minimum absolute atomic E-state index is 0.130. The van der Waals surface area contributed by atoms with Crippen molar-refractivity contribution >= 4 is 17.5 Å². The van der Waals surface area contributed by atoms with E-state index in [1.165, 1.54) is 32.1 Å². The van der Waals surface area contributed by atoms with E-state index in [2.05, 4.69) is 0 Å². The monoisotopic (exact) mass is 215 g/mol. The maximum absolute atomic E-state index is 11.5. The van der Waals surface area contributed by atoms with E-state index in [1.54, 1.807) is 0 Å². The smallest absolute Gasteiger partial charge is 0.237 e. The molecule has 2 aliphatic rings. The summed E-state index contributed by atoms with van der Waals surface area (Å²) in [5, 5.41) is 0. The van der Waals surface area contributed by atoms with Gasteiger partial charge in [-0.15, -0.1) is 11.6 Å². The lowest BCUT2D eigenvalue weighted by atomic mass is 10.00. The summed E-state index contributed by atoms with van der Waals surface area (Å²) >= 11 is 5.60. The van der Waals surface area contributed by atoms with Crippen LogP contribution in [0.3, 0.4) is 0 Å². The second kappa shape index (κ2) is 4.52. The molecule has 1 aliphatic heterocycles. The number of nitrogens with zero attached hydrogens (tertiary/aromatic N) is 1. The Bertz CT molecular complexity index is 205. The molecule has 0 aromatic heterocycles. The number of amides is 1. The highest BCUT2D eigenvalue weighted by Crippen LogP contribution is 2.32. The predicted molar refractivity (Wildman–Crippen MR) is 57.4 cm³/mol. The molecule has 0 radical (unpaired) electrons. The number of hydrogen-bond donors (Lipinski definition) is 0. The Labute approximate surface area is 90.6 Å². The van der Waals surface area contributed by atoms with E-state index < -0.39 is 0 Å². The molecule has 1 saturated carbocycles. The molecule has 1 amide bonds. The van der Waals surface area contributed by atoms with Crippen molar-refractivity contribution in [2.45, 2.75) is 32.1 Å². The van der Waals surface area contributed by atoms with E-state index in [4.69, 9.17) is 11.6 Å². The van der Waals surface area contributed by atoms with Crippen molar-refractivity contribution in [3.05, 3.63) is 0 Å². The zero-order valence-electron chi connectivity index (χ0n) is 8.54. The fraction of sp³-hybridized carbons (Fsp3) is 0.909. The lowest BCUT2D eigenvalue weighted by Crippen LogP contribution is -2.38. The van der Waals surface area contributed by atoms with Gasteiger partial charge in [-0.25, -0.2) is 0 Å². The molecule has 2 rings (SSSR count). The Morgan fingerprint density at radius 3 is 2.21 bits per heavy atom. The molecule has 14 heavy (non-hydrogen) atoms. The Morgan fingerprint density at radius 2 is 1.71 bits per heavy atom. The molecule has 1 heterocycles. The van der Waals surface area contributed by atoms with Crippen LogP contribution in [0.25, 0.3) is 0 Å². The standard InChI is InChI=1S/C11H18ClNO/c12-6-11(14)13-7-9-2-1-3-10(8-13)5-4-9/h9-10H,1-8H2. The molecule has 0 aromatic rings. The van der Waals surface area contributed by atoms with Gasteiger partial charge < -0.3 is 4.90 Å². The van der Waals surface area contributed by atoms with Crippen LogP contribution in [-0.4, -0.2) is 29.8 Å². The van der Waals surface area contributed by atoms with Crippen molar-refractivity contribution in [2.24, 2.45) is 11.8 Å². The summed E-state index contributed by atoms with van der Waals surface area (Å²) in [5.41, 5.74) is 0. The third-order valence-corrected chi connectivity index (χ3v) is 3.86. The topological polar surface area (TPSA) is 20.3 Å². The number of hydrogen-bond acceptors (Lipinski definition) is 1. The van der Waals surface area contributed by atoms with Crippen LogP contribution >= 0.6 is 11.6 Å². The Balaban J connectivity index is 2.04. The number of carbonyl (C=O) groups is 1. The van der Waals surface area contributed by atoms with Crippen LogP contribution in [-0.2, 0) is 4.79 Å². The van der Waals surface area contributed by atoms with Gasteiger partial charge >= 0.3 is 0 Å². The number of halogens is 1. The Hall–Kier alpha value is -0.240. The number of rotatable bonds is 1. The first-order valence-electron chi connectivity index (χ1n) is 5.63. The van der Waals surface area contributed by atoms with Gasteiger partial charge in [-0.3, -0.25) is 4.79 Å². The second-order valence-corrected chi connectivity index (χ2v) is 4.94. The molecule has 0 N–H and O–H groups in total. The first kappa shape index (κ1) is 10.3. The van der Waals surface area contributed by atoms with E-state index >= 15 is 0 Å². The summed E-state index contributed by atoms with van der Waals surface area (Å²) in [5.74, 6) is 1.77. The summed E-state index contributed by atoms with van der Waals surface area (Å²) in [6.07, 6.45) is 6.61. The van der Waals surface area contributed by atoms with Gasteiger partial charge in [-0.05, 0) is 37.5 Å². The lowest BCUT2D eigenvalue weighted by molar-refractivity contribution is -0.129. The van der Waals surface area contributed by atoms with Crippen LogP contribution in [0.1, 0.15) is 32.1 Å². The third kappa shape index (κ3) is 2.22. The molecule has 0 spiro atoms. The van der Waals surface area contributed by atoms with Gasteiger partial charge in [0.1, 0.15) is 5.88 Å². The first-order valence-corrected chi connectivity index (χ1v) is 6.17. The zero-order valence-corrected chi connectivity index (χ0v) is 9.30. The number of likely N-dealkylation sites (tertiary alicyclic amines) is 1. The molecule has 80 valence electrons. The molecule has 1 aliphatic carbocycles. The maximum Gasteiger partial charge on any atom is 0.237 e. The van der Waals surface area contributed by atoms with Crippen LogP contribution in [0.2, 0.25) is 0 Å². The average molecular weight is 216 g/mol. The highest BCUT2D eigenvalue weighted by molar-refractivity contribution is 6.27. The van der Waals surface area contributed by atoms with Gasteiger partial charge in [0, 0.05) is 13.1 Å². The van der Waals surface area contributed by atoms with Gasteiger partial charge in [0.15, 0.2) is 0 Å². The molecule has 2 atom stereocenters. The molecule has 2 nitrogen and oxygen atoms in total. The Kier molecular flexibility index (Phi) is 3.32. The van der Waals surface area contributed by atoms with Gasteiger partial charge in [0.2, 0.25) is 5.91 Å². The van der Waals surface area contributed by atoms with Gasteiger partial charge in [0.25, 0.3) is 0 Å². The van der Waals surface area contributed by atoms with Crippen molar-refractivity contribution in [3.63, 3.8) is 0 Å². The maximum atomic E-state index is 11.5. The first-order chi connectivity index (χ1) is 6.79. The van der Waals surface area contributed by atoms with E-state index in [9.17, 15) is 4.79 Å². The molecular weight excluding hydrogens is 198 g/mol. The van der Waals surface area contributed by atoms with Crippen molar-refractivity contribution in [1.29, 1.82) is 0 Å². The van der Waals surface area contributed by atoms with Crippen molar-refractivity contribution in [2.75, 3.05) is 19.0 Å². The fourth-order valence-corrected chi connectivity index (χ4v) is 2.98. The highest BCUT2D eigenvalue weighted by Gasteiger charge is 2.28. The molecule has 2 bridgehead atoms. The lowest BCUT2D eigenvalue weighted by Gasteiger charge is -2.28. The number of alkyl halides is 1. The van der Waals surface area contributed by atoms with Crippen molar-refractivity contribution in [3.8, 4) is 0 Å². The SMILES string of the molecule is O=C(CCl)N1CC2CCCC(CC2)C1. The van der Waals surface area contributed by atoms with Crippen LogP contribution in [0, 0.1) is 11.8 Å².